The Morgan fingerprint density at radius 2 is 1.75 bits per heavy atom. The number of hydrogen-bond acceptors (Lipinski definition) is 4. The lowest BCUT2D eigenvalue weighted by molar-refractivity contribution is -0.136. The van der Waals surface area contributed by atoms with Gasteiger partial charge < -0.3 is 10.1 Å². The van der Waals surface area contributed by atoms with Gasteiger partial charge in [-0.3, -0.25) is 14.5 Å². The number of amides is 2. The normalized spacial score (nSPS) is 14.1. The lowest BCUT2D eigenvalue weighted by Crippen LogP contribution is -2.33. The predicted octanol–water partition coefficient (Wildman–Crippen LogP) is 4.30. The van der Waals surface area contributed by atoms with Crippen molar-refractivity contribution in [3.63, 3.8) is 0 Å². The van der Waals surface area contributed by atoms with Crippen molar-refractivity contribution in [1.29, 1.82) is 0 Å². The molecule has 2 aromatic carbocycles. The third kappa shape index (κ3) is 3.79. The first kappa shape index (κ1) is 19.7. The Hall–Kier alpha value is -3.08. The van der Waals surface area contributed by atoms with Crippen LogP contribution in [0.1, 0.15) is 37.0 Å². The van der Waals surface area contributed by atoms with Gasteiger partial charge in [-0.2, -0.15) is 0 Å². The molecule has 0 saturated carbocycles. The predicted molar refractivity (Wildman–Crippen MR) is 111 cm³/mol. The number of nitrogens with zero attached hydrogens (tertiary/aromatic N) is 1. The fraction of sp³-hybridized carbons (Fsp3) is 0.304. The highest BCUT2D eigenvalue weighted by atomic mass is 16.5. The maximum Gasteiger partial charge on any atom is 0.278 e. The summed E-state index contributed by atoms with van der Waals surface area (Å²) in [4.78, 5) is 27.4. The first-order valence-electron chi connectivity index (χ1n) is 9.64. The topological polar surface area (TPSA) is 58.6 Å². The van der Waals surface area contributed by atoms with E-state index in [-0.39, 0.29) is 11.8 Å². The molecule has 0 aliphatic carbocycles. The van der Waals surface area contributed by atoms with Crippen LogP contribution in [0.4, 0.5) is 5.69 Å². The number of benzene rings is 2. The molecular formula is C23H26N2O3. The van der Waals surface area contributed by atoms with E-state index < -0.39 is 0 Å². The zero-order chi connectivity index (χ0) is 20.3. The molecule has 5 heteroatoms. The Morgan fingerprint density at radius 1 is 0.964 bits per heavy atom. The minimum absolute atomic E-state index is 0.251. The van der Waals surface area contributed by atoms with Gasteiger partial charge in [-0.15, -0.1) is 0 Å². The Bertz CT molecular complexity index is 947. The van der Waals surface area contributed by atoms with E-state index in [9.17, 15) is 9.59 Å². The van der Waals surface area contributed by atoms with E-state index in [1.165, 1.54) is 4.90 Å². The highest BCUT2D eigenvalue weighted by Crippen LogP contribution is 2.32. The highest BCUT2D eigenvalue weighted by molar-refractivity contribution is 6.36. The van der Waals surface area contributed by atoms with Crippen LogP contribution in [0.3, 0.4) is 0 Å². The van der Waals surface area contributed by atoms with Crippen LogP contribution < -0.4 is 10.1 Å². The zero-order valence-corrected chi connectivity index (χ0v) is 16.8. The number of hydrogen-bond donors (Lipinski definition) is 1. The Balaban J connectivity index is 2.06. The number of rotatable bonds is 7. The zero-order valence-electron chi connectivity index (χ0n) is 16.8. The van der Waals surface area contributed by atoms with Crippen LogP contribution in [0.5, 0.6) is 5.75 Å². The first-order chi connectivity index (χ1) is 13.5. The quantitative estimate of drug-likeness (QED) is 0.730. The second kappa shape index (κ2) is 8.30. The van der Waals surface area contributed by atoms with Crippen molar-refractivity contribution in [2.45, 2.75) is 34.1 Å². The van der Waals surface area contributed by atoms with Crippen molar-refractivity contribution in [2.75, 3.05) is 18.5 Å². The fourth-order valence-electron chi connectivity index (χ4n) is 3.26. The molecule has 0 saturated heterocycles. The molecule has 0 atom stereocenters. The minimum Gasteiger partial charge on any atom is -0.494 e. The molecule has 1 aliphatic rings. The second-order valence-corrected chi connectivity index (χ2v) is 6.90. The lowest BCUT2D eigenvalue weighted by atomic mass is 9.99. The van der Waals surface area contributed by atoms with E-state index >= 15 is 0 Å². The summed E-state index contributed by atoms with van der Waals surface area (Å²) in [5, 5.41) is 3.18. The largest absolute Gasteiger partial charge is 0.494 e. The van der Waals surface area contributed by atoms with Gasteiger partial charge in [0.25, 0.3) is 11.8 Å². The Morgan fingerprint density at radius 3 is 2.43 bits per heavy atom. The molecule has 1 N–H and O–H groups in total. The van der Waals surface area contributed by atoms with E-state index in [4.69, 9.17) is 4.74 Å². The average Bonchev–Trinajstić information content (AvgIpc) is 2.89. The number of ether oxygens (including phenoxy) is 1. The van der Waals surface area contributed by atoms with Crippen molar-refractivity contribution < 1.29 is 14.3 Å². The lowest BCUT2D eigenvalue weighted by Gasteiger charge is -2.14. The van der Waals surface area contributed by atoms with Gasteiger partial charge >= 0.3 is 0 Å². The highest BCUT2D eigenvalue weighted by Gasteiger charge is 2.38. The van der Waals surface area contributed by atoms with E-state index in [2.05, 4.69) is 5.32 Å². The van der Waals surface area contributed by atoms with Gasteiger partial charge in [0.2, 0.25) is 0 Å². The van der Waals surface area contributed by atoms with Crippen molar-refractivity contribution in [1.82, 2.24) is 4.90 Å². The van der Waals surface area contributed by atoms with E-state index in [1.807, 2.05) is 70.2 Å². The molecule has 3 rings (SSSR count). The summed E-state index contributed by atoms with van der Waals surface area (Å²) in [6.07, 6.45) is 0.713. The van der Waals surface area contributed by atoms with Crippen LogP contribution >= 0.6 is 0 Å². The molecule has 1 heterocycles. The van der Waals surface area contributed by atoms with Crippen molar-refractivity contribution in [3.05, 3.63) is 64.9 Å². The van der Waals surface area contributed by atoms with Crippen LogP contribution in [0.15, 0.2) is 48.2 Å². The van der Waals surface area contributed by atoms with Crippen molar-refractivity contribution in [2.24, 2.45) is 0 Å². The molecule has 0 unspecified atom stereocenters. The summed E-state index contributed by atoms with van der Waals surface area (Å²) < 4.78 is 5.54. The average molecular weight is 378 g/mol. The standard InChI is InChI=1S/C23H26N2O3/c1-5-12-25-22(26)20(17-11-10-15(3)16(4)13-17)21(23(25)27)24-18-8-7-9-19(14-18)28-6-2/h7-11,13-14,24H,5-6,12H2,1-4H3. The van der Waals surface area contributed by atoms with Crippen LogP contribution in [-0.4, -0.2) is 29.9 Å². The maximum absolute atomic E-state index is 13.1. The van der Waals surface area contributed by atoms with Gasteiger partial charge in [-0.05, 0) is 56.0 Å². The summed E-state index contributed by atoms with van der Waals surface area (Å²) in [7, 11) is 0. The van der Waals surface area contributed by atoms with Gasteiger partial charge in [-0.1, -0.05) is 31.2 Å². The van der Waals surface area contributed by atoms with Crippen molar-refractivity contribution in [3.8, 4) is 5.75 Å². The molecule has 28 heavy (non-hydrogen) atoms. The molecule has 1 aliphatic heterocycles. The van der Waals surface area contributed by atoms with Gasteiger partial charge in [-0.25, -0.2) is 0 Å². The van der Waals surface area contributed by atoms with E-state index in [0.717, 1.165) is 16.7 Å². The fourth-order valence-corrected chi connectivity index (χ4v) is 3.26. The molecule has 2 amide bonds. The van der Waals surface area contributed by atoms with E-state index in [0.29, 0.717) is 42.3 Å². The Labute approximate surface area is 166 Å². The van der Waals surface area contributed by atoms with Crippen molar-refractivity contribution >= 4 is 23.1 Å². The molecule has 0 aromatic heterocycles. The van der Waals surface area contributed by atoms with Gasteiger partial charge in [0.05, 0.1) is 12.2 Å². The smallest absolute Gasteiger partial charge is 0.278 e. The summed E-state index contributed by atoms with van der Waals surface area (Å²) in [5.74, 6) is 0.170. The number of aryl methyl sites for hydroxylation is 2. The third-order valence-corrected chi connectivity index (χ3v) is 4.83. The van der Waals surface area contributed by atoms with Crippen LogP contribution in [0, 0.1) is 13.8 Å². The third-order valence-electron chi connectivity index (χ3n) is 4.83. The molecule has 5 nitrogen and oxygen atoms in total. The minimum atomic E-state index is -0.290. The number of imide groups is 1. The molecule has 2 aromatic rings. The molecule has 0 bridgehead atoms. The number of nitrogens with one attached hydrogen (secondary N) is 1. The SMILES string of the molecule is CCCN1C(=O)C(Nc2cccc(OCC)c2)=C(c2ccc(C)c(C)c2)C1=O. The number of anilines is 1. The molecular weight excluding hydrogens is 352 g/mol. The number of carbonyl (C=O) groups is 2. The van der Waals surface area contributed by atoms with Gasteiger partial charge in [0.15, 0.2) is 0 Å². The molecule has 0 spiro atoms. The monoisotopic (exact) mass is 378 g/mol. The van der Waals surface area contributed by atoms with Gasteiger partial charge in [0, 0.05) is 18.3 Å². The summed E-state index contributed by atoms with van der Waals surface area (Å²) >= 11 is 0. The maximum atomic E-state index is 13.1. The van der Waals surface area contributed by atoms with Gasteiger partial charge in [0.1, 0.15) is 11.4 Å². The number of carbonyl (C=O) groups excluding carboxylic acids is 2. The molecule has 0 fully saturated rings. The van der Waals surface area contributed by atoms with Crippen LogP contribution in [0.25, 0.3) is 5.57 Å². The molecule has 0 radical (unpaired) electrons. The summed E-state index contributed by atoms with van der Waals surface area (Å²) in [6.45, 7) is 8.85. The Kier molecular flexibility index (Phi) is 5.83. The second-order valence-electron chi connectivity index (χ2n) is 6.90. The van der Waals surface area contributed by atoms with Crippen LogP contribution in [-0.2, 0) is 9.59 Å². The summed E-state index contributed by atoms with van der Waals surface area (Å²) in [6, 6.07) is 13.2. The summed E-state index contributed by atoms with van der Waals surface area (Å²) in [5.41, 5.74) is 4.42. The van der Waals surface area contributed by atoms with E-state index in [1.54, 1.807) is 0 Å². The molecule has 146 valence electrons. The van der Waals surface area contributed by atoms with Crippen LogP contribution in [0.2, 0.25) is 0 Å². The first-order valence-corrected chi connectivity index (χ1v) is 9.64.